The van der Waals surface area contributed by atoms with Gasteiger partial charge in [0.1, 0.15) is 0 Å². The van der Waals surface area contributed by atoms with E-state index in [9.17, 15) is 20.0 Å². The molecule has 0 unspecified atom stereocenters. The number of carbonyl (C=O) groups excluding carboxylic acids is 1. The first kappa shape index (κ1) is 16.4. The number of non-ortho nitro benzene ring substituents is 1. The number of nitro groups is 1. The van der Waals surface area contributed by atoms with Gasteiger partial charge in [-0.2, -0.15) is 0 Å². The zero-order valence-corrected chi connectivity index (χ0v) is 12.1. The summed E-state index contributed by atoms with van der Waals surface area (Å²) in [4.78, 5) is 22.3. The molecule has 1 aromatic rings. The quantitative estimate of drug-likeness (QED) is 0.623. The molecule has 0 heterocycles. The van der Waals surface area contributed by atoms with Gasteiger partial charge in [0.25, 0.3) is 11.6 Å². The zero-order valence-electron chi connectivity index (χ0n) is 11.4. The highest BCUT2D eigenvalue weighted by Crippen LogP contribution is 2.23. The molecule has 110 valence electrons. The number of hydrogen-bond donors (Lipinski definition) is 2. The van der Waals surface area contributed by atoms with Gasteiger partial charge in [0.05, 0.1) is 27.7 Å². The van der Waals surface area contributed by atoms with Gasteiger partial charge in [-0.05, 0) is 18.9 Å². The van der Waals surface area contributed by atoms with Crippen molar-refractivity contribution in [1.82, 2.24) is 5.32 Å². The Balaban J connectivity index is 3.08. The van der Waals surface area contributed by atoms with Crippen LogP contribution in [0.2, 0.25) is 5.02 Å². The van der Waals surface area contributed by atoms with Gasteiger partial charge < -0.3 is 10.4 Å². The van der Waals surface area contributed by atoms with Gasteiger partial charge >= 0.3 is 0 Å². The zero-order chi connectivity index (χ0) is 15.3. The van der Waals surface area contributed by atoms with E-state index < -0.39 is 16.4 Å². The van der Waals surface area contributed by atoms with Crippen LogP contribution in [0.4, 0.5) is 5.69 Å². The number of amides is 1. The Labute approximate surface area is 121 Å². The van der Waals surface area contributed by atoms with Crippen LogP contribution >= 0.6 is 11.6 Å². The standard InChI is InChI=1S/C13H17ClN2O4/c1-3-13(4-2,8-17)15-12(18)10-7-9(16(19)20)5-6-11(10)14/h5-7,17H,3-4,8H2,1-2H3,(H,15,18). The summed E-state index contributed by atoms with van der Waals surface area (Å²) in [5, 5.41) is 23.0. The predicted octanol–water partition coefficient (Wildman–Crippen LogP) is 2.53. The molecule has 7 heteroatoms. The molecule has 20 heavy (non-hydrogen) atoms. The summed E-state index contributed by atoms with van der Waals surface area (Å²) in [5.74, 6) is -0.531. The average Bonchev–Trinajstić information content (AvgIpc) is 2.45. The smallest absolute Gasteiger partial charge is 0.270 e. The summed E-state index contributed by atoms with van der Waals surface area (Å²) in [5.41, 5.74) is -0.923. The Morgan fingerprint density at radius 3 is 2.50 bits per heavy atom. The van der Waals surface area contributed by atoms with Gasteiger partial charge in [-0.15, -0.1) is 0 Å². The van der Waals surface area contributed by atoms with E-state index in [1.54, 1.807) is 0 Å². The molecule has 0 aliphatic heterocycles. The number of hydrogen-bond acceptors (Lipinski definition) is 4. The lowest BCUT2D eigenvalue weighted by Gasteiger charge is -2.30. The number of benzene rings is 1. The minimum atomic E-state index is -0.745. The van der Waals surface area contributed by atoms with Gasteiger partial charge in [-0.25, -0.2) is 0 Å². The fourth-order valence-corrected chi connectivity index (χ4v) is 2.00. The molecule has 0 fully saturated rings. The topological polar surface area (TPSA) is 92.5 Å². The minimum absolute atomic E-state index is 0.0283. The summed E-state index contributed by atoms with van der Waals surface area (Å²) in [6.07, 6.45) is 1.08. The molecular weight excluding hydrogens is 284 g/mol. The van der Waals surface area contributed by atoms with E-state index in [-0.39, 0.29) is 22.9 Å². The second-order valence-corrected chi connectivity index (χ2v) is 4.93. The van der Waals surface area contributed by atoms with Gasteiger partial charge in [-0.1, -0.05) is 25.4 Å². The second-order valence-electron chi connectivity index (χ2n) is 4.52. The molecule has 6 nitrogen and oxygen atoms in total. The largest absolute Gasteiger partial charge is 0.394 e. The summed E-state index contributed by atoms with van der Waals surface area (Å²) < 4.78 is 0. The van der Waals surface area contributed by atoms with Crippen molar-refractivity contribution in [2.45, 2.75) is 32.2 Å². The van der Waals surface area contributed by atoms with Crippen molar-refractivity contribution < 1.29 is 14.8 Å². The number of aliphatic hydroxyl groups is 1. The maximum Gasteiger partial charge on any atom is 0.270 e. The van der Waals surface area contributed by atoms with Crippen LogP contribution in [0.25, 0.3) is 0 Å². The third-order valence-corrected chi connectivity index (χ3v) is 3.77. The Bertz CT molecular complexity index is 507. The molecule has 0 bridgehead atoms. The van der Waals surface area contributed by atoms with E-state index in [0.29, 0.717) is 12.8 Å². The lowest BCUT2D eigenvalue weighted by atomic mass is 9.93. The summed E-state index contributed by atoms with van der Waals surface area (Å²) in [7, 11) is 0. The van der Waals surface area contributed by atoms with Crippen LogP contribution in [0.1, 0.15) is 37.0 Å². The number of nitrogens with one attached hydrogen (secondary N) is 1. The summed E-state index contributed by atoms with van der Waals surface area (Å²) in [6.45, 7) is 3.47. The number of carbonyl (C=O) groups is 1. The number of nitro benzene ring substituents is 1. The van der Waals surface area contributed by atoms with Crippen LogP contribution < -0.4 is 5.32 Å². The van der Waals surface area contributed by atoms with E-state index >= 15 is 0 Å². The highest BCUT2D eigenvalue weighted by atomic mass is 35.5. The van der Waals surface area contributed by atoms with Gasteiger partial charge in [-0.3, -0.25) is 14.9 Å². The predicted molar refractivity (Wildman–Crippen MR) is 76.0 cm³/mol. The van der Waals surface area contributed by atoms with Crippen molar-refractivity contribution in [3.8, 4) is 0 Å². The first-order chi connectivity index (χ1) is 9.39. The molecule has 2 N–H and O–H groups in total. The third-order valence-electron chi connectivity index (χ3n) is 3.44. The summed E-state index contributed by atoms with van der Waals surface area (Å²) in [6, 6.07) is 3.68. The third kappa shape index (κ3) is 3.46. The molecule has 1 rings (SSSR count). The molecule has 0 aliphatic rings. The van der Waals surface area contributed by atoms with Crippen molar-refractivity contribution in [1.29, 1.82) is 0 Å². The number of halogens is 1. The first-order valence-electron chi connectivity index (χ1n) is 6.26. The van der Waals surface area contributed by atoms with Crippen molar-refractivity contribution in [3.63, 3.8) is 0 Å². The molecule has 0 saturated carbocycles. The molecular formula is C13H17ClN2O4. The maximum absolute atomic E-state index is 12.2. The average molecular weight is 301 g/mol. The van der Waals surface area contributed by atoms with E-state index in [2.05, 4.69) is 5.32 Å². The molecule has 0 saturated heterocycles. The Morgan fingerprint density at radius 2 is 2.05 bits per heavy atom. The van der Waals surface area contributed by atoms with E-state index in [4.69, 9.17) is 11.6 Å². The number of nitrogens with zero attached hydrogens (tertiary/aromatic N) is 1. The lowest BCUT2D eigenvalue weighted by molar-refractivity contribution is -0.384. The fourth-order valence-electron chi connectivity index (χ4n) is 1.80. The minimum Gasteiger partial charge on any atom is -0.394 e. The molecule has 0 radical (unpaired) electrons. The van der Waals surface area contributed by atoms with Gasteiger partial charge in [0.15, 0.2) is 0 Å². The second kappa shape index (κ2) is 6.67. The fraction of sp³-hybridized carbons (Fsp3) is 0.462. The summed E-state index contributed by atoms with van der Waals surface area (Å²) >= 11 is 5.91. The highest BCUT2D eigenvalue weighted by molar-refractivity contribution is 6.34. The van der Waals surface area contributed by atoms with Crippen LogP contribution in [0.15, 0.2) is 18.2 Å². The molecule has 1 amide bonds. The lowest BCUT2D eigenvalue weighted by Crippen LogP contribution is -2.50. The molecule has 0 spiro atoms. The van der Waals surface area contributed by atoms with E-state index in [0.717, 1.165) is 6.07 Å². The van der Waals surface area contributed by atoms with Crippen molar-refractivity contribution in [3.05, 3.63) is 38.9 Å². The normalized spacial score (nSPS) is 11.2. The van der Waals surface area contributed by atoms with Crippen LogP contribution in [0.3, 0.4) is 0 Å². The van der Waals surface area contributed by atoms with Crippen LogP contribution in [0, 0.1) is 10.1 Å². The monoisotopic (exact) mass is 300 g/mol. The van der Waals surface area contributed by atoms with Crippen LogP contribution in [-0.4, -0.2) is 28.1 Å². The van der Waals surface area contributed by atoms with E-state index in [1.807, 2.05) is 13.8 Å². The molecule has 0 atom stereocenters. The van der Waals surface area contributed by atoms with E-state index in [1.165, 1.54) is 12.1 Å². The number of aliphatic hydroxyl groups excluding tert-OH is 1. The number of rotatable bonds is 6. The van der Waals surface area contributed by atoms with Crippen molar-refractivity contribution in [2.75, 3.05) is 6.61 Å². The van der Waals surface area contributed by atoms with Gasteiger partial charge in [0.2, 0.25) is 0 Å². The molecule has 1 aromatic carbocycles. The Hall–Kier alpha value is -1.66. The van der Waals surface area contributed by atoms with Crippen LogP contribution in [-0.2, 0) is 0 Å². The SMILES string of the molecule is CCC(CC)(CO)NC(=O)c1cc([N+](=O)[O-])ccc1Cl. The van der Waals surface area contributed by atoms with Crippen molar-refractivity contribution >= 4 is 23.2 Å². The first-order valence-corrected chi connectivity index (χ1v) is 6.64. The maximum atomic E-state index is 12.2. The Morgan fingerprint density at radius 1 is 1.45 bits per heavy atom. The van der Waals surface area contributed by atoms with Gasteiger partial charge in [0, 0.05) is 12.1 Å². The van der Waals surface area contributed by atoms with Crippen molar-refractivity contribution in [2.24, 2.45) is 0 Å². The molecule has 0 aromatic heterocycles. The molecule has 0 aliphatic carbocycles. The Kier molecular flexibility index (Phi) is 5.47. The van der Waals surface area contributed by atoms with Crippen LogP contribution in [0.5, 0.6) is 0 Å². The highest BCUT2D eigenvalue weighted by Gasteiger charge is 2.28.